The first kappa shape index (κ1) is 23.8. The van der Waals surface area contributed by atoms with E-state index in [1.807, 2.05) is 0 Å². The molecule has 9 heteroatoms. The summed E-state index contributed by atoms with van der Waals surface area (Å²) in [5, 5.41) is 2.67. The summed E-state index contributed by atoms with van der Waals surface area (Å²) in [6.07, 6.45) is 0. The molecule has 0 saturated heterocycles. The molecule has 0 heterocycles. The van der Waals surface area contributed by atoms with Crippen LogP contribution in [0.2, 0.25) is 0 Å². The maximum absolute atomic E-state index is 12.6. The van der Waals surface area contributed by atoms with Crippen molar-refractivity contribution >= 4 is 33.3 Å². The standard InChI is InChI=1S/C24H24N2O6S/c1-3-31-24(28)18-9-11-19(12-10-18)25-23(27)16-32-22-14-13-21(15-17(22)2)33(29,30)26-20-7-5-4-6-8-20/h4-15,26H,3,16H2,1-2H3,(H,25,27). The third kappa shape index (κ3) is 6.56. The number of para-hydroxylation sites is 1. The Morgan fingerprint density at radius 3 is 2.24 bits per heavy atom. The van der Waals surface area contributed by atoms with Crippen molar-refractivity contribution in [2.75, 3.05) is 23.3 Å². The van der Waals surface area contributed by atoms with Crippen molar-refractivity contribution < 1.29 is 27.5 Å². The van der Waals surface area contributed by atoms with Crippen LogP contribution in [0.4, 0.5) is 11.4 Å². The molecule has 3 aromatic rings. The number of hydrogen-bond donors (Lipinski definition) is 2. The Morgan fingerprint density at radius 1 is 0.909 bits per heavy atom. The van der Waals surface area contributed by atoms with Crippen LogP contribution in [0.3, 0.4) is 0 Å². The van der Waals surface area contributed by atoms with Crippen LogP contribution in [0.25, 0.3) is 0 Å². The monoisotopic (exact) mass is 468 g/mol. The lowest BCUT2D eigenvalue weighted by molar-refractivity contribution is -0.118. The second-order valence-electron chi connectivity index (χ2n) is 7.03. The molecule has 0 aliphatic carbocycles. The van der Waals surface area contributed by atoms with E-state index in [9.17, 15) is 18.0 Å². The van der Waals surface area contributed by atoms with Gasteiger partial charge in [0, 0.05) is 11.4 Å². The van der Waals surface area contributed by atoms with E-state index in [1.165, 1.54) is 18.2 Å². The van der Waals surface area contributed by atoms with Crippen LogP contribution in [0.1, 0.15) is 22.8 Å². The summed E-state index contributed by atoms with van der Waals surface area (Å²) in [6, 6.07) is 19.3. The lowest BCUT2D eigenvalue weighted by atomic mass is 10.2. The van der Waals surface area contributed by atoms with Gasteiger partial charge in [-0.2, -0.15) is 0 Å². The number of carbonyl (C=O) groups excluding carboxylic acids is 2. The van der Waals surface area contributed by atoms with Crippen molar-refractivity contribution in [2.24, 2.45) is 0 Å². The van der Waals surface area contributed by atoms with E-state index in [1.54, 1.807) is 68.4 Å². The molecule has 0 saturated carbocycles. The van der Waals surface area contributed by atoms with Gasteiger partial charge in [-0.3, -0.25) is 9.52 Å². The number of hydrogen-bond acceptors (Lipinski definition) is 6. The van der Waals surface area contributed by atoms with Gasteiger partial charge in [0.2, 0.25) is 0 Å². The molecule has 0 aromatic heterocycles. The highest BCUT2D eigenvalue weighted by molar-refractivity contribution is 7.92. The highest BCUT2D eigenvalue weighted by Gasteiger charge is 2.16. The summed E-state index contributed by atoms with van der Waals surface area (Å²) < 4.78 is 38.2. The molecule has 2 N–H and O–H groups in total. The van der Waals surface area contributed by atoms with Crippen LogP contribution < -0.4 is 14.8 Å². The first-order valence-electron chi connectivity index (χ1n) is 10.2. The van der Waals surface area contributed by atoms with Crippen LogP contribution >= 0.6 is 0 Å². The predicted octanol–water partition coefficient (Wildman–Crippen LogP) is 3.99. The molecular formula is C24H24N2O6S. The number of nitrogens with one attached hydrogen (secondary N) is 2. The summed E-state index contributed by atoms with van der Waals surface area (Å²) in [6.45, 7) is 3.44. The third-order valence-electron chi connectivity index (χ3n) is 4.52. The molecule has 0 unspecified atom stereocenters. The maximum Gasteiger partial charge on any atom is 0.338 e. The van der Waals surface area contributed by atoms with Crippen LogP contribution in [-0.2, 0) is 19.6 Å². The van der Waals surface area contributed by atoms with Gasteiger partial charge in [0.05, 0.1) is 17.1 Å². The van der Waals surface area contributed by atoms with Crippen LogP contribution in [0.15, 0.2) is 77.7 Å². The number of anilines is 2. The topological polar surface area (TPSA) is 111 Å². The molecular weight excluding hydrogens is 444 g/mol. The van der Waals surface area contributed by atoms with E-state index in [0.717, 1.165) is 0 Å². The summed E-state index contributed by atoms with van der Waals surface area (Å²) >= 11 is 0. The first-order valence-corrected chi connectivity index (χ1v) is 11.6. The Bertz CT molecular complexity index is 1230. The van der Waals surface area contributed by atoms with E-state index in [-0.39, 0.29) is 18.1 Å². The summed E-state index contributed by atoms with van der Waals surface area (Å²) in [5.74, 6) is -0.444. The quantitative estimate of drug-likeness (QED) is 0.460. The SMILES string of the molecule is CCOC(=O)c1ccc(NC(=O)COc2ccc(S(=O)(=O)Nc3ccccc3)cc2C)cc1. The Hall–Kier alpha value is -3.85. The molecule has 0 radical (unpaired) electrons. The Kier molecular flexibility index (Phi) is 7.68. The van der Waals surface area contributed by atoms with E-state index >= 15 is 0 Å². The number of ether oxygens (including phenoxy) is 2. The van der Waals surface area contributed by atoms with Gasteiger partial charge in [0.25, 0.3) is 15.9 Å². The maximum atomic E-state index is 12.6. The molecule has 0 bridgehead atoms. The van der Waals surface area contributed by atoms with E-state index in [2.05, 4.69) is 10.0 Å². The molecule has 0 aliphatic heterocycles. The van der Waals surface area contributed by atoms with Crippen molar-refractivity contribution in [3.8, 4) is 5.75 Å². The zero-order valence-electron chi connectivity index (χ0n) is 18.2. The van der Waals surface area contributed by atoms with E-state index in [4.69, 9.17) is 9.47 Å². The highest BCUT2D eigenvalue weighted by atomic mass is 32.2. The molecule has 1 amide bonds. The van der Waals surface area contributed by atoms with Gasteiger partial charge in [-0.1, -0.05) is 18.2 Å². The fraction of sp³-hybridized carbons (Fsp3) is 0.167. The Labute approximate surface area is 192 Å². The fourth-order valence-electron chi connectivity index (χ4n) is 2.92. The second-order valence-corrected chi connectivity index (χ2v) is 8.72. The molecule has 0 spiro atoms. The smallest absolute Gasteiger partial charge is 0.338 e. The lowest BCUT2D eigenvalue weighted by Gasteiger charge is -2.12. The number of amides is 1. The first-order chi connectivity index (χ1) is 15.8. The minimum atomic E-state index is -3.76. The molecule has 172 valence electrons. The Balaban J connectivity index is 1.58. The van der Waals surface area contributed by atoms with Crippen molar-refractivity contribution in [1.29, 1.82) is 0 Å². The molecule has 0 aliphatic rings. The number of esters is 1. The number of sulfonamides is 1. The number of carbonyl (C=O) groups is 2. The number of benzene rings is 3. The molecule has 3 rings (SSSR count). The van der Waals surface area contributed by atoms with Crippen molar-refractivity contribution in [3.05, 3.63) is 83.9 Å². The number of aryl methyl sites for hydroxylation is 1. The van der Waals surface area contributed by atoms with Gasteiger partial charge < -0.3 is 14.8 Å². The third-order valence-corrected chi connectivity index (χ3v) is 5.90. The van der Waals surface area contributed by atoms with E-state index in [0.29, 0.717) is 28.3 Å². The van der Waals surface area contributed by atoms with Gasteiger partial charge in [0.1, 0.15) is 5.75 Å². The summed E-state index contributed by atoms with van der Waals surface area (Å²) in [5.41, 5.74) is 1.92. The van der Waals surface area contributed by atoms with Crippen molar-refractivity contribution in [3.63, 3.8) is 0 Å². The average molecular weight is 469 g/mol. The largest absolute Gasteiger partial charge is 0.483 e. The molecule has 0 fully saturated rings. The fourth-order valence-corrected chi connectivity index (χ4v) is 4.06. The van der Waals surface area contributed by atoms with Gasteiger partial charge in [-0.25, -0.2) is 13.2 Å². The summed E-state index contributed by atoms with van der Waals surface area (Å²) in [7, 11) is -3.76. The highest BCUT2D eigenvalue weighted by Crippen LogP contribution is 2.23. The summed E-state index contributed by atoms with van der Waals surface area (Å²) in [4.78, 5) is 24.0. The normalized spacial score (nSPS) is 10.8. The minimum absolute atomic E-state index is 0.0855. The lowest BCUT2D eigenvalue weighted by Crippen LogP contribution is -2.20. The van der Waals surface area contributed by atoms with E-state index < -0.39 is 21.9 Å². The Morgan fingerprint density at radius 2 is 1.61 bits per heavy atom. The second kappa shape index (κ2) is 10.6. The number of rotatable bonds is 9. The molecule has 0 atom stereocenters. The predicted molar refractivity (Wildman–Crippen MR) is 125 cm³/mol. The minimum Gasteiger partial charge on any atom is -0.483 e. The zero-order chi connectivity index (χ0) is 23.8. The van der Waals surface area contributed by atoms with Gasteiger partial charge in [-0.05, 0) is 74.0 Å². The van der Waals surface area contributed by atoms with Crippen molar-refractivity contribution in [1.82, 2.24) is 0 Å². The van der Waals surface area contributed by atoms with Gasteiger partial charge in [-0.15, -0.1) is 0 Å². The molecule has 3 aromatic carbocycles. The van der Waals surface area contributed by atoms with Crippen LogP contribution in [0, 0.1) is 6.92 Å². The average Bonchev–Trinajstić information content (AvgIpc) is 2.79. The molecule has 8 nitrogen and oxygen atoms in total. The van der Waals surface area contributed by atoms with Crippen molar-refractivity contribution in [2.45, 2.75) is 18.7 Å². The van der Waals surface area contributed by atoms with Crippen LogP contribution in [0.5, 0.6) is 5.75 Å². The van der Waals surface area contributed by atoms with Gasteiger partial charge in [0.15, 0.2) is 6.61 Å². The van der Waals surface area contributed by atoms with Crippen LogP contribution in [-0.4, -0.2) is 33.5 Å². The van der Waals surface area contributed by atoms with Gasteiger partial charge >= 0.3 is 5.97 Å². The molecule has 33 heavy (non-hydrogen) atoms. The zero-order valence-corrected chi connectivity index (χ0v) is 19.0.